The topological polar surface area (TPSA) is 29.3 Å². The summed E-state index contributed by atoms with van der Waals surface area (Å²) in [5.74, 6) is 0.560. The molecule has 2 heteroatoms. The van der Waals surface area contributed by atoms with E-state index in [0.717, 1.165) is 0 Å². The smallest absolute Gasteiger partial charge is 0.0661 e. The molecule has 0 fully saturated rings. The van der Waals surface area contributed by atoms with Gasteiger partial charge >= 0.3 is 0 Å². The molecule has 0 aliphatic heterocycles. The summed E-state index contributed by atoms with van der Waals surface area (Å²) in [7, 11) is 2.12. The van der Waals surface area contributed by atoms with Crippen molar-refractivity contribution in [2.45, 2.75) is 32.7 Å². The van der Waals surface area contributed by atoms with Gasteiger partial charge in [0.05, 0.1) is 6.04 Å². The monoisotopic (exact) mass is 282 g/mol. The molecule has 0 radical (unpaired) electrons. The first-order chi connectivity index (χ1) is 10.0. The number of nitrogens with zero attached hydrogens (tertiary/aromatic N) is 1. The summed E-state index contributed by atoms with van der Waals surface area (Å²) in [5, 5.41) is 0. The van der Waals surface area contributed by atoms with E-state index in [2.05, 4.69) is 81.2 Å². The average molecular weight is 282 g/mol. The molecule has 2 rings (SSSR count). The minimum atomic E-state index is 0.201. The second kappa shape index (κ2) is 6.77. The third-order valence-electron chi connectivity index (χ3n) is 4.17. The molecular weight excluding hydrogens is 256 g/mol. The maximum absolute atomic E-state index is 6.05. The van der Waals surface area contributed by atoms with E-state index in [-0.39, 0.29) is 6.04 Å². The van der Waals surface area contributed by atoms with Gasteiger partial charge in [-0.2, -0.15) is 0 Å². The van der Waals surface area contributed by atoms with Crippen molar-refractivity contribution < 1.29 is 0 Å². The Bertz CT molecular complexity index is 572. The van der Waals surface area contributed by atoms with Crippen LogP contribution in [0.5, 0.6) is 0 Å². The van der Waals surface area contributed by atoms with Gasteiger partial charge in [0.25, 0.3) is 0 Å². The summed E-state index contributed by atoms with van der Waals surface area (Å²) in [6, 6.07) is 17.5. The van der Waals surface area contributed by atoms with Gasteiger partial charge in [0, 0.05) is 19.3 Å². The first-order valence-electron chi connectivity index (χ1n) is 7.63. The fourth-order valence-electron chi connectivity index (χ4n) is 2.75. The van der Waals surface area contributed by atoms with Crippen molar-refractivity contribution in [2.75, 3.05) is 18.5 Å². The van der Waals surface area contributed by atoms with Gasteiger partial charge in [-0.15, -0.1) is 0 Å². The molecule has 0 bridgehead atoms. The second-order valence-corrected chi connectivity index (χ2v) is 5.97. The molecule has 2 N–H and O–H groups in total. The van der Waals surface area contributed by atoms with Crippen molar-refractivity contribution in [3.05, 3.63) is 65.2 Å². The average Bonchev–Trinajstić information content (AvgIpc) is 2.49. The molecule has 2 aromatic rings. The maximum atomic E-state index is 6.05. The van der Waals surface area contributed by atoms with Gasteiger partial charge in [0.1, 0.15) is 0 Å². The zero-order chi connectivity index (χ0) is 15.4. The largest absolute Gasteiger partial charge is 0.366 e. The van der Waals surface area contributed by atoms with Gasteiger partial charge in [-0.05, 0) is 35.6 Å². The van der Waals surface area contributed by atoms with Gasteiger partial charge in [-0.25, -0.2) is 0 Å². The minimum absolute atomic E-state index is 0.201. The van der Waals surface area contributed by atoms with Crippen LogP contribution in [0.15, 0.2) is 48.5 Å². The molecule has 0 heterocycles. The van der Waals surface area contributed by atoms with Crippen molar-refractivity contribution in [2.24, 2.45) is 5.73 Å². The maximum Gasteiger partial charge on any atom is 0.0661 e. The predicted octanol–water partition coefficient (Wildman–Crippen LogP) is 4.25. The highest BCUT2D eigenvalue weighted by Gasteiger charge is 2.17. The zero-order valence-electron chi connectivity index (χ0n) is 13.5. The van der Waals surface area contributed by atoms with E-state index in [1.165, 1.54) is 22.4 Å². The van der Waals surface area contributed by atoms with Crippen LogP contribution < -0.4 is 10.6 Å². The van der Waals surface area contributed by atoms with Crippen LogP contribution in [0.25, 0.3) is 0 Å². The third kappa shape index (κ3) is 3.45. The summed E-state index contributed by atoms with van der Waals surface area (Å²) in [5.41, 5.74) is 11.2. The molecule has 0 aliphatic rings. The van der Waals surface area contributed by atoms with Crippen LogP contribution in [0.3, 0.4) is 0 Å². The molecule has 0 saturated carbocycles. The number of benzene rings is 2. The number of aryl methyl sites for hydroxylation is 1. The van der Waals surface area contributed by atoms with Crippen LogP contribution in [0.2, 0.25) is 0 Å². The summed E-state index contributed by atoms with van der Waals surface area (Å²) in [6.45, 7) is 7.18. The zero-order valence-corrected chi connectivity index (χ0v) is 13.5. The predicted molar refractivity (Wildman–Crippen MR) is 91.9 cm³/mol. The van der Waals surface area contributed by atoms with Crippen LogP contribution in [-0.4, -0.2) is 13.6 Å². The van der Waals surface area contributed by atoms with Crippen molar-refractivity contribution in [1.29, 1.82) is 0 Å². The van der Waals surface area contributed by atoms with Crippen molar-refractivity contribution in [3.8, 4) is 0 Å². The van der Waals surface area contributed by atoms with E-state index in [4.69, 9.17) is 5.73 Å². The molecule has 0 spiro atoms. The standard InChI is InChI=1S/C19H26N2/c1-14(2)16-9-11-17(12-10-16)19(13-20)21(4)18-8-6-5-7-15(18)3/h5-12,14,19H,13,20H2,1-4H3. The number of hydrogen-bond donors (Lipinski definition) is 1. The first-order valence-corrected chi connectivity index (χ1v) is 7.63. The lowest BCUT2D eigenvalue weighted by atomic mass is 9.98. The number of anilines is 1. The van der Waals surface area contributed by atoms with Gasteiger partial charge < -0.3 is 10.6 Å². The highest BCUT2D eigenvalue weighted by Crippen LogP contribution is 2.28. The van der Waals surface area contributed by atoms with E-state index >= 15 is 0 Å². The quantitative estimate of drug-likeness (QED) is 0.888. The Morgan fingerprint density at radius 2 is 1.52 bits per heavy atom. The fraction of sp³-hybridized carbons (Fsp3) is 0.368. The molecule has 0 amide bonds. The lowest BCUT2D eigenvalue weighted by molar-refractivity contribution is 0.678. The Balaban J connectivity index is 2.29. The van der Waals surface area contributed by atoms with Gasteiger partial charge in [-0.3, -0.25) is 0 Å². The van der Waals surface area contributed by atoms with E-state index in [1.807, 2.05) is 0 Å². The Labute approximate surface area is 128 Å². The number of rotatable bonds is 5. The van der Waals surface area contributed by atoms with Crippen molar-refractivity contribution in [1.82, 2.24) is 0 Å². The van der Waals surface area contributed by atoms with E-state index in [0.29, 0.717) is 12.5 Å². The van der Waals surface area contributed by atoms with Crippen LogP contribution in [0, 0.1) is 6.92 Å². The first kappa shape index (κ1) is 15.6. The molecule has 21 heavy (non-hydrogen) atoms. The summed E-state index contributed by atoms with van der Waals surface area (Å²) in [4.78, 5) is 2.28. The Hall–Kier alpha value is -1.80. The highest BCUT2D eigenvalue weighted by atomic mass is 15.1. The SMILES string of the molecule is Cc1ccccc1N(C)C(CN)c1ccc(C(C)C)cc1. The molecule has 2 aromatic carbocycles. The number of hydrogen-bond acceptors (Lipinski definition) is 2. The number of nitrogens with two attached hydrogens (primary N) is 1. The molecular formula is C19H26N2. The summed E-state index contributed by atoms with van der Waals surface area (Å²) >= 11 is 0. The summed E-state index contributed by atoms with van der Waals surface area (Å²) in [6.07, 6.45) is 0. The molecule has 1 unspecified atom stereocenters. The van der Waals surface area contributed by atoms with Gasteiger partial charge in [0.2, 0.25) is 0 Å². The Morgan fingerprint density at radius 3 is 2.05 bits per heavy atom. The normalized spacial score (nSPS) is 12.5. The van der Waals surface area contributed by atoms with Crippen LogP contribution in [-0.2, 0) is 0 Å². The van der Waals surface area contributed by atoms with Crippen LogP contribution >= 0.6 is 0 Å². The minimum Gasteiger partial charge on any atom is -0.366 e. The molecule has 0 saturated heterocycles. The Kier molecular flexibility index (Phi) is 5.03. The molecule has 2 nitrogen and oxygen atoms in total. The lowest BCUT2D eigenvalue weighted by Gasteiger charge is -2.31. The van der Waals surface area contributed by atoms with E-state index in [1.54, 1.807) is 0 Å². The highest BCUT2D eigenvalue weighted by molar-refractivity contribution is 5.54. The molecule has 0 aromatic heterocycles. The number of likely N-dealkylation sites (N-methyl/N-ethyl adjacent to an activating group) is 1. The van der Waals surface area contributed by atoms with Crippen molar-refractivity contribution in [3.63, 3.8) is 0 Å². The Morgan fingerprint density at radius 1 is 0.952 bits per heavy atom. The second-order valence-electron chi connectivity index (χ2n) is 5.97. The van der Waals surface area contributed by atoms with Gasteiger partial charge in [0.15, 0.2) is 0 Å². The summed E-state index contributed by atoms with van der Waals surface area (Å²) < 4.78 is 0. The number of para-hydroxylation sites is 1. The van der Waals surface area contributed by atoms with E-state index < -0.39 is 0 Å². The fourth-order valence-corrected chi connectivity index (χ4v) is 2.75. The van der Waals surface area contributed by atoms with Gasteiger partial charge in [-0.1, -0.05) is 56.3 Å². The van der Waals surface area contributed by atoms with Crippen LogP contribution in [0.1, 0.15) is 42.5 Å². The molecule has 112 valence electrons. The van der Waals surface area contributed by atoms with E-state index in [9.17, 15) is 0 Å². The lowest BCUT2D eigenvalue weighted by Crippen LogP contribution is -2.30. The molecule has 0 aliphatic carbocycles. The van der Waals surface area contributed by atoms with Crippen LogP contribution in [0.4, 0.5) is 5.69 Å². The third-order valence-corrected chi connectivity index (χ3v) is 4.17. The molecule has 1 atom stereocenters. The van der Waals surface area contributed by atoms with Crippen molar-refractivity contribution >= 4 is 5.69 Å².